The Morgan fingerprint density at radius 3 is 2.50 bits per heavy atom. The number of aliphatic imine (C=N–C) groups is 1. The van der Waals surface area contributed by atoms with Crippen molar-refractivity contribution >= 4 is 12.5 Å². The Labute approximate surface area is 36.2 Å². The molecule has 0 aromatic rings. The minimum Gasteiger partial charge on any atom is -0.297 e. The largest absolute Gasteiger partial charge is 0.297 e. The Kier molecular flexibility index (Phi) is 3.45. The summed E-state index contributed by atoms with van der Waals surface area (Å²) in [7, 11) is 0. The van der Waals surface area contributed by atoms with E-state index < -0.39 is 0 Å². The molecule has 0 saturated heterocycles. The summed E-state index contributed by atoms with van der Waals surface area (Å²) in [6.07, 6.45) is 3.03. The molecule has 0 fully saturated rings. The van der Waals surface area contributed by atoms with Crippen molar-refractivity contribution in [2.75, 3.05) is 0 Å². The monoisotopic (exact) mass is 83.0 g/mol. The maximum atomic E-state index is 9.37. The molecular formula is C4H5NO. The van der Waals surface area contributed by atoms with Gasteiger partial charge in [0.15, 0.2) is 6.29 Å². The van der Waals surface area contributed by atoms with Crippen LogP contribution in [0, 0.1) is 0 Å². The molecule has 0 radical (unpaired) electrons. The molecule has 0 atom stereocenters. The van der Waals surface area contributed by atoms with Crippen LogP contribution in [0.4, 0.5) is 0 Å². The van der Waals surface area contributed by atoms with Crippen molar-refractivity contribution in [1.29, 1.82) is 0 Å². The molecule has 0 N–H and O–H groups in total. The normalized spacial score (nSPS) is 8.67. The lowest BCUT2D eigenvalue weighted by atomic mass is 10.8. The molecule has 0 aliphatic carbocycles. The van der Waals surface area contributed by atoms with E-state index in [1.165, 1.54) is 6.20 Å². The highest BCUT2D eigenvalue weighted by Crippen LogP contribution is 1.56. The van der Waals surface area contributed by atoms with Gasteiger partial charge in [-0.3, -0.25) is 9.79 Å². The molecule has 0 heterocycles. The summed E-state index contributed by atoms with van der Waals surface area (Å²) >= 11 is 0. The van der Waals surface area contributed by atoms with Crippen molar-refractivity contribution in [3.8, 4) is 0 Å². The zero-order valence-corrected chi connectivity index (χ0v) is 3.29. The van der Waals surface area contributed by atoms with Crippen LogP contribution >= 0.6 is 0 Å². The highest BCUT2D eigenvalue weighted by atomic mass is 16.1. The van der Waals surface area contributed by atoms with E-state index in [-0.39, 0.29) is 0 Å². The van der Waals surface area contributed by atoms with Crippen molar-refractivity contribution in [1.82, 2.24) is 0 Å². The summed E-state index contributed by atoms with van der Waals surface area (Å²) in [5.41, 5.74) is 0. The van der Waals surface area contributed by atoms with Crippen LogP contribution in [0.1, 0.15) is 0 Å². The second kappa shape index (κ2) is 4.08. The van der Waals surface area contributed by atoms with Gasteiger partial charge in [-0.2, -0.15) is 0 Å². The van der Waals surface area contributed by atoms with Gasteiger partial charge in [-0.05, 0) is 0 Å². The van der Waals surface area contributed by atoms with Crippen molar-refractivity contribution in [2.24, 2.45) is 4.99 Å². The van der Waals surface area contributed by atoms with Crippen molar-refractivity contribution in [3.63, 3.8) is 0 Å². The van der Waals surface area contributed by atoms with E-state index >= 15 is 0 Å². The van der Waals surface area contributed by atoms with E-state index in [1.54, 1.807) is 0 Å². The first-order valence-electron chi connectivity index (χ1n) is 1.49. The number of nitrogens with zero attached hydrogens (tertiary/aromatic N) is 1. The summed E-state index contributed by atoms with van der Waals surface area (Å²) in [6.45, 7) is 3.24. The summed E-state index contributed by atoms with van der Waals surface area (Å²) in [5.74, 6) is 0. The first-order chi connectivity index (χ1) is 2.91. The molecule has 2 nitrogen and oxygen atoms in total. The van der Waals surface area contributed by atoms with Crippen LogP contribution < -0.4 is 0 Å². The third-order valence-corrected chi connectivity index (χ3v) is 0.252. The lowest BCUT2D eigenvalue weighted by Gasteiger charge is -1.59. The van der Waals surface area contributed by atoms with Crippen molar-refractivity contribution < 1.29 is 4.79 Å². The smallest absolute Gasteiger partial charge is 0.161 e. The van der Waals surface area contributed by atoms with Crippen LogP contribution in [0.15, 0.2) is 17.8 Å². The minimum atomic E-state index is 0.599. The molecule has 0 unspecified atom stereocenters. The van der Waals surface area contributed by atoms with Crippen LogP contribution in [0.3, 0.4) is 0 Å². The van der Waals surface area contributed by atoms with Crippen molar-refractivity contribution in [3.05, 3.63) is 12.8 Å². The standard InChI is InChI=1S/C4H5NO/c1-2-5-3-4-6/h2-4H,1H2/b5-3+. The van der Waals surface area contributed by atoms with Gasteiger partial charge in [0.1, 0.15) is 0 Å². The topological polar surface area (TPSA) is 29.4 Å². The van der Waals surface area contributed by atoms with Gasteiger partial charge < -0.3 is 0 Å². The van der Waals surface area contributed by atoms with Gasteiger partial charge in [0.25, 0.3) is 0 Å². The summed E-state index contributed by atoms with van der Waals surface area (Å²) in [4.78, 5) is 12.7. The zero-order chi connectivity index (χ0) is 4.83. The summed E-state index contributed by atoms with van der Waals surface area (Å²) < 4.78 is 0. The highest BCUT2D eigenvalue weighted by Gasteiger charge is 1.52. The van der Waals surface area contributed by atoms with Crippen LogP contribution in [-0.2, 0) is 4.79 Å². The number of carbonyl (C=O) groups is 1. The molecule has 32 valence electrons. The Balaban J connectivity index is 3.17. The predicted molar refractivity (Wildman–Crippen MR) is 24.8 cm³/mol. The minimum absolute atomic E-state index is 0.599. The average Bonchev–Trinajstić information content (AvgIpc) is 1.61. The van der Waals surface area contributed by atoms with E-state index in [4.69, 9.17) is 0 Å². The van der Waals surface area contributed by atoms with E-state index in [0.29, 0.717) is 6.29 Å². The quantitative estimate of drug-likeness (QED) is 0.351. The average molecular weight is 83.1 g/mol. The van der Waals surface area contributed by atoms with Gasteiger partial charge in [0, 0.05) is 6.20 Å². The molecule has 6 heavy (non-hydrogen) atoms. The predicted octanol–water partition coefficient (Wildman–Crippen LogP) is 0.400. The second-order valence-corrected chi connectivity index (χ2v) is 0.617. The molecule has 0 spiro atoms. The van der Waals surface area contributed by atoms with Crippen LogP contribution in [-0.4, -0.2) is 12.5 Å². The van der Waals surface area contributed by atoms with Gasteiger partial charge in [0.05, 0.1) is 6.21 Å². The molecule has 0 rings (SSSR count). The van der Waals surface area contributed by atoms with Crippen LogP contribution in [0.5, 0.6) is 0 Å². The lowest BCUT2D eigenvalue weighted by Crippen LogP contribution is -1.66. The van der Waals surface area contributed by atoms with Gasteiger partial charge in [0.2, 0.25) is 0 Å². The third kappa shape index (κ3) is 3.08. The molecule has 0 saturated carbocycles. The summed E-state index contributed by atoms with van der Waals surface area (Å²) in [5, 5.41) is 0. The molecule has 0 amide bonds. The van der Waals surface area contributed by atoms with Gasteiger partial charge >= 0.3 is 0 Å². The number of aldehydes is 1. The molecule has 0 aliphatic rings. The fourth-order valence-corrected chi connectivity index (χ4v) is 0.0960. The Bertz CT molecular complexity index is 65.6. The molecule has 2 heteroatoms. The van der Waals surface area contributed by atoms with E-state index in [1.807, 2.05) is 0 Å². The summed E-state index contributed by atoms with van der Waals surface area (Å²) in [6, 6.07) is 0. The number of carbonyl (C=O) groups excluding carboxylic acids is 1. The highest BCUT2D eigenvalue weighted by molar-refractivity contribution is 6.13. The van der Waals surface area contributed by atoms with Gasteiger partial charge in [-0.15, -0.1) is 0 Å². The van der Waals surface area contributed by atoms with Gasteiger partial charge in [-0.1, -0.05) is 6.58 Å². The molecule has 0 aromatic heterocycles. The van der Waals surface area contributed by atoms with Crippen LogP contribution in [0.2, 0.25) is 0 Å². The number of hydrogen-bond donors (Lipinski definition) is 0. The fraction of sp³-hybridized carbons (Fsp3) is 0. The van der Waals surface area contributed by atoms with Crippen molar-refractivity contribution in [2.45, 2.75) is 0 Å². The van der Waals surface area contributed by atoms with E-state index in [0.717, 1.165) is 6.21 Å². The number of rotatable bonds is 2. The lowest BCUT2D eigenvalue weighted by molar-refractivity contribution is -0.102. The Hall–Kier alpha value is -0.920. The molecule has 0 aliphatic heterocycles. The Morgan fingerprint density at radius 2 is 2.33 bits per heavy atom. The molecular weight excluding hydrogens is 78.0 g/mol. The van der Waals surface area contributed by atoms with Gasteiger partial charge in [-0.25, -0.2) is 0 Å². The molecule has 0 bridgehead atoms. The molecule has 0 aromatic carbocycles. The SMILES string of the molecule is C=C/N=C/C=O. The third-order valence-electron chi connectivity index (χ3n) is 0.252. The Morgan fingerprint density at radius 1 is 1.67 bits per heavy atom. The first kappa shape index (κ1) is 5.08. The number of hydrogen-bond acceptors (Lipinski definition) is 2. The zero-order valence-electron chi connectivity index (χ0n) is 3.29. The van der Waals surface area contributed by atoms with Crippen LogP contribution in [0.25, 0.3) is 0 Å². The fourth-order valence-electron chi connectivity index (χ4n) is 0.0960. The van der Waals surface area contributed by atoms with E-state index in [9.17, 15) is 4.79 Å². The maximum Gasteiger partial charge on any atom is 0.161 e. The second-order valence-electron chi connectivity index (χ2n) is 0.617. The maximum absolute atomic E-state index is 9.37. The van der Waals surface area contributed by atoms with E-state index in [2.05, 4.69) is 11.6 Å². The first-order valence-corrected chi connectivity index (χ1v) is 1.49.